The van der Waals surface area contributed by atoms with Gasteiger partial charge in [0.2, 0.25) is 6.43 Å². The van der Waals surface area contributed by atoms with Crippen LogP contribution in [0.1, 0.15) is 24.9 Å². The van der Waals surface area contributed by atoms with Gasteiger partial charge in [0.05, 0.1) is 6.61 Å². The molecule has 0 amide bonds. The number of alkyl halides is 2. The first kappa shape index (κ1) is 18.1. The predicted molar refractivity (Wildman–Crippen MR) is 82.7 cm³/mol. The maximum atomic E-state index is 12.9. The van der Waals surface area contributed by atoms with E-state index < -0.39 is 6.43 Å². The van der Waals surface area contributed by atoms with Gasteiger partial charge < -0.3 is 10.1 Å². The van der Waals surface area contributed by atoms with Crippen LogP contribution < -0.4 is 10.1 Å². The summed E-state index contributed by atoms with van der Waals surface area (Å²) in [6.45, 7) is 5.87. The lowest BCUT2D eigenvalue weighted by molar-refractivity contribution is 0.0739. The average Bonchev–Trinajstić information content (AvgIpc) is 2.47. The van der Waals surface area contributed by atoms with E-state index in [0.29, 0.717) is 6.61 Å². The highest BCUT2D eigenvalue weighted by molar-refractivity contribution is 5.85. The van der Waals surface area contributed by atoms with Crippen LogP contribution in [0.2, 0.25) is 0 Å². The zero-order chi connectivity index (χ0) is 14.4. The van der Waals surface area contributed by atoms with Crippen LogP contribution in [0, 0.1) is 0 Å². The van der Waals surface area contributed by atoms with Crippen LogP contribution in [-0.2, 0) is 0 Å². The van der Waals surface area contributed by atoms with Crippen molar-refractivity contribution in [1.82, 2.24) is 10.2 Å². The first-order valence-corrected chi connectivity index (χ1v) is 7.16. The van der Waals surface area contributed by atoms with Crippen molar-refractivity contribution in [2.45, 2.75) is 25.8 Å². The number of nitrogens with one attached hydrogen (secondary N) is 1. The third-order valence-electron chi connectivity index (χ3n) is 3.57. The number of ether oxygens (including phenoxy) is 1. The summed E-state index contributed by atoms with van der Waals surface area (Å²) in [5, 5.41) is 3.25. The first-order valence-electron chi connectivity index (χ1n) is 7.16. The minimum Gasteiger partial charge on any atom is -0.494 e. The van der Waals surface area contributed by atoms with Gasteiger partial charge in [0, 0.05) is 38.6 Å². The summed E-state index contributed by atoms with van der Waals surface area (Å²) in [4.78, 5) is 2.14. The van der Waals surface area contributed by atoms with Crippen molar-refractivity contribution in [1.29, 1.82) is 0 Å². The zero-order valence-corrected chi connectivity index (χ0v) is 13.0. The lowest BCUT2D eigenvalue weighted by Crippen LogP contribution is -2.45. The summed E-state index contributed by atoms with van der Waals surface area (Å²) in [6.07, 6.45) is -2.41. The van der Waals surface area contributed by atoms with E-state index in [0.717, 1.165) is 37.5 Å². The molecular formula is C15H23ClF2N2O. The van der Waals surface area contributed by atoms with Crippen molar-refractivity contribution in [3.05, 3.63) is 29.8 Å². The van der Waals surface area contributed by atoms with Crippen molar-refractivity contribution < 1.29 is 13.5 Å². The molecule has 1 aliphatic rings. The Morgan fingerprint density at radius 2 is 1.81 bits per heavy atom. The number of piperazine rings is 1. The Morgan fingerprint density at radius 3 is 2.33 bits per heavy atom. The first-order chi connectivity index (χ1) is 9.70. The molecule has 1 saturated heterocycles. The number of benzene rings is 1. The van der Waals surface area contributed by atoms with Gasteiger partial charge >= 0.3 is 0 Å². The highest BCUT2D eigenvalue weighted by Crippen LogP contribution is 2.28. The number of hydrogen-bond acceptors (Lipinski definition) is 3. The maximum Gasteiger partial charge on any atom is 0.240 e. The minimum absolute atomic E-state index is 0. The molecular weight excluding hydrogens is 298 g/mol. The second-order valence-corrected chi connectivity index (χ2v) is 4.93. The van der Waals surface area contributed by atoms with Crippen molar-refractivity contribution in [2.75, 3.05) is 32.8 Å². The third kappa shape index (κ3) is 5.41. The zero-order valence-electron chi connectivity index (χ0n) is 12.2. The SMILES string of the molecule is CCOc1ccc([C@H](CC(F)F)N2CCNCC2)cc1.Cl. The summed E-state index contributed by atoms with van der Waals surface area (Å²) in [5.74, 6) is 0.785. The van der Waals surface area contributed by atoms with E-state index in [-0.39, 0.29) is 24.9 Å². The molecule has 3 nitrogen and oxygen atoms in total. The molecule has 1 aliphatic heterocycles. The highest BCUT2D eigenvalue weighted by Gasteiger charge is 2.25. The molecule has 6 heteroatoms. The fourth-order valence-electron chi connectivity index (χ4n) is 2.61. The van der Waals surface area contributed by atoms with E-state index in [1.54, 1.807) is 0 Å². The van der Waals surface area contributed by atoms with Gasteiger partial charge in [-0.2, -0.15) is 0 Å². The molecule has 21 heavy (non-hydrogen) atoms. The van der Waals surface area contributed by atoms with Gasteiger partial charge in [-0.25, -0.2) is 8.78 Å². The highest BCUT2D eigenvalue weighted by atomic mass is 35.5. The predicted octanol–water partition coefficient (Wildman–Crippen LogP) is 3.11. The second kappa shape index (κ2) is 9.18. The van der Waals surface area contributed by atoms with Gasteiger partial charge in [0.1, 0.15) is 5.75 Å². The van der Waals surface area contributed by atoms with Crippen LogP contribution in [0.5, 0.6) is 5.75 Å². The van der Waals surface area contributed by atoms with Gasteiger partial charge in [0.25, 0.3) is 0 Å². The lowest BCUT2D eigenvalue weighted by atomic mass is 10.0. The van der Waals surface area contributed by atoms with Gasteiger partial charge in [-0.15, -0.1) is 12.4 Å². The van der Waals surface area contributed by atoms with Crippen LogP contribution in [0.3, 0.4) is 0 Å². The maximum absolute atomic E-state index is 12.9. The van der Waals surface area contributed by atoms with Gasteiger partial charge in [-0.1, -0.05) is 12.1 Å². The van der Waals surface area contributed by atoms with Crippen molar-refractivity contribution in [3.8, 4) is 5.75 Å². The Bertz CT molecular complexity index is 397. The summed E-state index contributed by atoms with van der Waals surface area (Å²) in [6, 6.07) is 7.31. The van der Waals surface area contributed by atoms with Crippen molar-refractivity contribution in [3.63, 3.8) is 0 Å². The Kier molecular flexibility index (Phi) is 7.93. The van der Waals surface area contributed by atoms with Crippen LogP contribution in [0.4, 0.5) is 8.78 Å². The third-order valence-corrected chi connectivity index (χ3v) is 3.57. The quantitative estimate of drug-likeness (QED) is 0.871. The van der Waals surface area contributed by atoms with E-state index in [4.69, 9.17) is 4.74 Å². The standard InChI is InChI=1S/C15H22F2N2O.ClH/c1-2-20-13-5-3-12(4-6-13)14(11-15(16)17)19-9-7-18-8-10-19;/h3-6,14-15,18H,2,7-11H2,1H3;1H/t14-;/m0./s1. The van der Waals surface area contributed by atoms with Crippen molar-refractivity contribution in [2.24, 2.45) is 0 Å². The molecule has 0 radical (unpaired) electrons. The molecule has 1 atom stereocenters. The minimum atomic E-state index is -2.29. The van der Waals surface area contributed by atoms with Gasteiger partial charge in [0.15, 0.2) is 0 Å². The summed E-state index contributed by atoms with van der Waals surface area (Å²) < 4.78 is 31.1. The van der Waals surface area contributed by atoms with E-state index in [1.807, 2.05) is 31.2 Å². The second-order valence-electron chi connectivity index (χ2n) is 4.93. The Hall–Kier alpha value is -0.910. The molecule has 0 bridgehead atoms. The fraction of sp³-hybridized carbons (Fsp3) is 0.600. The Morgan fingerprint density at radius 1 is 1.19 bits per heavy atom. The molecule has 0 saturated carbocycles. The molecule has 1 N–H and O–H groups in total. The van der Waals surface area contributed by atoms with Gasteiger partial charge in [-0.3, -0.25) is 4.90 Å². The molecule has 2 rings (SSSR count). The Labute approximate surface area is 131 Å². The van der Waals surface area contributed by atoms with Crippen LogP contribution in [-0.4, -0.2) is 44.1 Å². The molecule has 1 fully saturated rings. The smallest absolute Gasteiger partial charge is 0.240 e. The van der Waals surface area contributed by atoms with Crippen LogP contribution in [0.15, 0.2) is 24.3 Å². The van der Waals surface area contributed by atoms with Crippen molar-refractivity contribution >= 4 is 12.4 Å². The molecule has 120 valence electrons. The molecule has 1 heterocycles. The normalized spacial score (nSPS) is 17.3. The summed E-state index contributed by atoms with van der Waals surface area (Å²) >= 11 is 0. The van der Waals surface area contributed by atoms with Crippen LogP contribution >= 0.6 is 12.4 Å². The number of rotatable bonds is 6. The number of nitrogens with zero attached hydrogens (tertiary/aromatic N) is 1. The van der Waals surface area contributed by atoms with E-state index in [9.17, 15) is 8.78 Å². The monoisotopic (exact) mass is 320 g/mol. The topological polar surface area (TPSA) is 24.5 Å². The van der Waals surface area contributed by atoms with E-state index >= 15 is 0 Å². The van der Waals surface area contributed by atoms with E-state index in [2.05, 4.69) is 10.2 Å². The fourth-order valence-corrected chi connectivity index (χ4v) is 2.61. The molecule has 0 aromatic heterocycles. The molecule has 1 aromatic carbocycles. The summed E-state index contributed by atoms with van der Waals surface area (Å²) in [5.41, 5.74) is 0.940. The van der Waals surface area contributed by atoms with Gasteiger partial charge in [-0.05, 0) is 24.6 Å². The van der Waals surface area contributed by atoms with E-state index in [1.165, 1.54) is 0 Å². The average molecular weight is 321 g/mol. The lowest BCUT2D eigenvalue weighted by Gasteiger charge is -2.35. The molecule has 1 aromatic rings. The molecule has 0 aliphatic carbocycles. The number of halogens is 3. The molecule has 0 spiro atoms. The largest absolute Gasteiger partial charge is 0.494 e. The van der Waals surface area contributed by atoms with Crippen LogP contribution in [0.25, 0.3) is 0 Å². The molecule has 0 unspecified atom stereocenters. The Balaban J connectivity index is 0.00000220. The summed E-state index contributed by atoms with van der Waals surface area (Å²) in [7, 11) is 0. The number of hydrogen-bond donors (Lipinski definition) is 1.